The molecule has 0 radical (unpaired) electrons. The monoisotopic (exact) mass is 292 g/mol. The van der Waals surface area contributed by atoms with Gasteiger partial charge < -0.3 is 4.74 Å². The van der Waals surface area contributed by atoms with E-state index in [-0.39, 0.29) is 0 Å². The van der Waals surface area contributed by atoms with Gasteiger partial charge in [-0.1, -0.05) is 24.3 Å². The predicted octanol–water partition coefficient (Wildman–Crippen LogP) is 4.55. The number of nitrogens with zero attached hydrogens (tertiary/aromatic N) is 2. The number of benzene rings is 2. The molecule has 0 saturated carbocycles. The van der Waals surface area contributed by atoms with E-state index in [0.717, 1.165) is 28.3 Å². The highest BCUT2D eigenvalue weighted by atomic mass is 16.5. The largest absolute Gasteiger partial charge is 0.494 e. The predicted molar refractivity (Wildman–Crippen MR) is 89.6 cm³/mol. The van der Waals surface area contributed by atoms with Crippen molar-refractivity contribution in [3.05, 3.63) is 66.0 Å². The van der Waals surface area contributed by atoms with Gasteiger partial charge in [-0.05, 0) is 61.7 Å². The second-order valence-corrected chi connectivity index (χ2v) is 5.36. The van der Waals surface area contributed by atoms with E-state index in [0.29, 0.717) is 6.61 Å². The summed E-state index contributed by atoms with van der Waals surface area (Å²) in [5, 5.41) is 4.52. The summed E-state index contributed by atoms with van der Waals surface area (Å²) in [4.78, 5) is 0. The Hall–Kier alpha value is -2.55. The summed E-state index contributed by atoms with van der Waals surface area (Å²) in [6, 6.07) is 16.7. The average molecular weight is 292 g/mol. The summed E-state index contributed by atoms with van der Waals surface area (Å²) < 4.78 is 7.52. The standard InChI is InChI=1S/C19H20N2O/c1-4-22-18-7-5-6-16(12-18)17-9-8-14(2)19(13-17)21-11-10-15(3)20-21/h5-13H,4H2,1-3H3. The minimum Gasteiger partial charge on any atom is -0.494 e. The van der Waals surface area contributed by atoms with E-state index in [4.69, 9.17) is 4.74 Å². The minimum atomic E-state index is 0.676. The Labute approximate surface area is 131 Å². The lowest BCUT2D eigenvalue weighted by Gasteiger charge is -2.10. The number of aromatic nitrogens is 2. The lowest BCUT2D eigenvalue weighted by atomic mass is 10.0. The maximum atomic E-state index is 5.59. The average Bonchev–Trinajstić information content (AvgIpc) is 2.95. The van der Waals surface area contributed by atoms with E-state index in [1.54, 1.807) is 0 Å². The highest BCUT2D eigenvalue weighted by molar-refractivity contribution is 5.68. The normalized spacial score (nSPS) is 10.7. The van der Waals surface area contributed by atoms with Crippen molar-refractivity contribution >= 4 is 0 Å². The van der Waals surface area contributed by atoms with E-state index >= 15 is 0 Å². The molecule has 0 saturated heterocycles. The Balaban J connectivity index is 2.03. The van der Waals surface area contributed by atoms with Crippen LogP contribution in [0, 0.1) is 13.8 Å². The van der Waals surface area contributed by atoms with Crippen molar-refractivity contribution in [2.24, 2.45) is 0 Å². The van der Waals surface area contributed by atoms with E-state index in [9.17, 15) is 0 Å². The molecule has 0 unspecified atom stereocenters. The molecule has 112 valence electrons. The molecule has 3 rings (SSSR count). The van der Waals surface area contributed by atoms with Gasteiger partial charge in [0.15, 0.2) is 0 Å². The maximum absolute atomic E-state index is 5.59. The summed E-state index contributed by atoms with van der Waals surface area (Å²) in [6.07, 6.45) is 2.00. The molecule has 0 aliphatic carbocycles. The van der Waals surface area contributed by atoms with Gasteiger partial charge in [-0.3, -0.25) is 0 Å². The third-order valence-corrected chi connectivity index (χ3v) is 3.66. The molecule has 0 atom stereocenters. The fourth-order valence-electron chi connectivity index (χ4n) is 2.52. The number of rotatable bonds is 4. The van der Waals surface area contributed by atoms with Crippen molar-refractivity contribution in [1.82, 2.24) is 9.78 Å². The second kappa shape index (κ2) is 6.06. The summed E-state index contributed by atoms with van der Waals surface area (Å²) in [5.74, 6) is 0.900. The van der Waals surface area contributed by atoms with Crippen molar-refractivity contribution < 1.29 is 4.74 Å². The van der Waals surface area contributed by atoms with Crippen LogP contribution >= 0.6 is 0 Å². The lowest BCUT2D eigenvalue weighted by Crippen LogP contribution is -1.98. The van der Waals surface area contributed by atoms with Gasteiger partial charge >= 0.3 is 0 Å². The van der Waals surface area contributed by atoms with Crippen LogP contribution in [0.3, 0.4) is 0 Å². The summed E-state index contributed by atoms with van der Waals surface area (Å²) in [6.45, 7) is 6.78. The van der Waals surface area contributed by atoms with Gasteiger partial charge in [0.1, 0.15) is 5.75 Å². The van der Waals surface area contributed by atoms with Gasteiger partial charge in [0.25, 0.3) is 0 Å². The van der Waals surface area contributed by atoms with Crippen LogP contribution in [0.25, 0.3) is 16.8 Å². The Morgan fingerprint density at radius 1 is 1.00 bits per heavy atom. The second-order valence-electron chi connectivity index (χ2n) is 5.36. The third-order valence-electron chi connectivity index (χ3n) is 3.66. The van der Waals surface area contributed by atoms with Crippen molar-refractivity contribution in [2.75, 3.05) is 6.61 Å². The molecule has 3 nitrogen and oxygen atoms in total. The van der Waals surface area contributed by atoms with Crippen LogP contribution in [0.15, 0.2) is 54.7 Å². The zero-order valence-corrected chi connectivity index (χ0v) is 13.2. The van der Waals surface area contributed by atoms with E-state index in [2.05, 4.69) is 42.4 Å². The van der Waals surface area contributed by atoms with Gasteiger partial charge in [-0.2, -0.15) is 5.10 Å². The SMILES string of the molecule is CCOc1cccc(-c2ccc(C)c(-n3ccc(C)n3)c2)c1. The smallest absolute Gasteiger partial charge is 0.119 e. The van der Waals surface area contributed by atoms with E-state index in [1.165, 1.54) is 5.56 Å². The summed E-state index contributed by atoms with van der Waals surface area (Å²) >= 11 is 0. The quantitative estimate of drug-likeness (QED) is 0.705. The maximum Gasteiger partial charge on any atom is 0.119 e. The van der Waals surface area contributed by atoms with Crippen LogP contribution in [0.5, 0.6) is 5.75 Å². The topological polar surface area (TPSA) is 27.1 Å². The molecule has 1 heterocycles. The van der Waals surface area contributed by atoms with Crippen LogP contribution < -0.4 is 4.74 Å². The third kappa shape index (κ3) is 2.89. The van der Waals surface area contributed by atoms with Gasteiger partial charge in [-0.15, -0.1) is 0 Å². The molecule has 3 aromatic rings. The fraction of sp³-hybridized carbons (Fsp3) is 0.211. The molecule has 0 spiro atoms. The van der Waals surface area contributed by atoms with Gasteiger partial charge in [-0.25, -0.2) is 4.68 Å². The first-order valence-electron chi connectivity index (χ1n) is 7.54. The number of ether oxygens (including phenoxy) is 1. The fourth-order valence-corrected chi connectivity index (χ4v) is 2.52. The summed E-state index contributed by atoms with van der Waals surface area (Å²) in [5.41, 5.74) is 5.63. The molecule has 0 bridgehead atoms. The first kappa shape index (κ1) is 14.4. The molecular weight excluding hydrogens is 272 g/mol. The van der Waals surface area contributed by atoms with Crippen LogP contribution in [0.4, 0.5) is 0 Å². The molecule has 0 fully saturated rings. The Bertz CT molecular complexity index is 790. The van der Waals surface area contributed by atoms with Gasteiger partial charge in [0.05, 0.1) is 18.0 Å². The molecule has 1 aromatic heterocycles. The van der Waals surface area contributed by atoms with E-state index < -0.39 is 0 Å². The molecule has 0 aliphatic rings. The number of hydrogen-bond acceptors (Lipinski definition) is 2. The van der Waals surface area contributed by atoms with Crippen molar-refractivity contribution in [3.63, 3.8) is 0 Å². The highest BCUT2D eigenvalue weighted by Crippen LogP contribution is 2.27. The van der Waals surface area contributed by atoms with Gasteiger partial charge in [0.2, 0.25) is 0 Å². The number of hydrogen-bond donors (Lipinski definition) is 0. The van der Waals surface area contributed by atoms with Crippen molar-refractivity contribution in [1.29, 1.82) is 0 Å². The first-order chi connectivity index (χ1) is 10.7. The van der Waals surface area contributed by atoms with Crippen LogP contribution in [0.1, 0.15) is 18.2 Å². The van der Waals surface area contributed by atoms with Gasteiger partial charge in [0, 0.05) is 6.20 Å². The summed E-state index contributed by atoms with van der Waals surface area (Å²) in [7, 11) is 0. The molecule has 3 heteroatoms. The molecule has 0 N–H and O–H groups in total. The van der Waals surface area contributed by atoms with Crippen molar-refractivity contribution in [2.45, 2.75) is 20.8 Å². The zero-order valence-electron chi connectivity index (χ0n) is 13.2. The minimum absolute atomic E-state index is 0.676. The molecule has 0 aliphatic heterocycles. The molecule has 22 heavy (non-hydrogen) atoms. The molecule has 2 aromatic carbocycles. The molecule has 0 amide bonds. The zero-order chi connectivity index (χ0) is 15.5. The highest BCUT2D eigenvalue weighted by Gasteiger charge is 2.06. The number of aryl methyl sites for hydroxylation is 2. The first-order valence-corrected chi connectivity index (χ1v) is 7.54. The van der Waals surface area contributed by atoms with Crippen LogP contribution in [-0.2, 0) is 0 Å². The van der Waals surface area contributed by atoms with Crippen LogP contribution in [-0.4, -0.2) is 16.4 Å². The Kier molecular flexibility index (Phi) is 3.96. The molecular formula is C19H20N2O. The lowest BCUT2D eigenvalue weighted by molar-refractivity contribution is 0.340. The Morgan fingerprint density at radius 2 is 1.82 bits per heavy atom. The van der Waals surface area contributed by atoms with E-state index in [1.807, 2.05) is 42.9 Å². The van der Waals surface area contributed by atoms with Crippen LogP contribution in [0.2, 0.25) is 0 Å². The Morgan fingerprint density at radius 3 is 2.55 bits per heavy atom. The van der Waals surface area contributed by atoms with Crippen molar-refractivity contribution in [3.8, 4) is 22.6 Å².